The van der Waals surface area contributed by atoms with Crippen LogP contribution in [-0.4, -0.2) is 13.1 Å². The van der Waals surface area contributed by atoms with Crippen LogP contribution in [0.2, 0.25) is 0 Å². The molecule has 3 aromatic rings. The minimum absolute atomic E-state index is 0.745. The van der Waals surface area contributed by atoms with Crippen LogP contribution in [0.1, 0.15) is 104 Å². The van der Waals surface area contributed by atoms with Crippen LogP contribution in [0.3, 0.4) is 0 Å². The number of benzene rings is 3. The Bertz CT molecular complexity index is 1180. The fraction of sp³-hybridized carbons (Fsp3) is 0.514. The van der Waals surface area contributed by atoms with Crippen molar-refractivity contribution in [1.82, 2.24) is 0 Å². The minimum Gasteiger partial charge on any atom is -0.372 e. The SMILES string of the molecule is Cc1cccc(N2CCC(Cc3cccc(C4CCCC(Cc5cccc(C6CCCC6)c5)C4)c3)CC2)c1. The summed E-state index contributed by atoms with van der Waals surface area (Å²) in [6, 6.07) is 28.5. The lowest BCUT2D eigenvalue weighted by Gasteiger charge is -2.34. The molecule has 0 bridgehead atoms. The van der Waals surface area contributed by atoms with E-state index in [1.807, 2.05) is 0 Å². The molecule has 200 valence electrons. The molecule has 0 N–H and O–H groups in total. The summed E-state index contributed by atoms with van der Waals surface area (Å²) < 4.78 is 0. The first kappa shape index (κ1) is 25.7. The van der Waals surface area contributed by atoms with Crippen LogP contribution in [-0.2, 0) is 12.8 Å². The molecule has 1 heteroatoms. The fourth-order valence-corrected chi connectivity index (χ4v) is 7.87. The summed E-state index contributed by atoms with van der Waals surface area (Å²) in [5.41, 5.74) is 9.16. The van der Waals surface area contributed by atoms with Crippen molar-refractivity contribution < 1.29 is 0 Å². The first-order valence-electron chi connectivity index (χ1n) is 15.7. The highest BCUT2D eigenvalue weighted by molar-refractivity contribution is 5.48. The smallest absolute Gasteiger partial charge is 0.0368 e. The van der Waals surface area contributed by atoms with Gasteiger partial charge < -0.3 is 4.90 Å². The molecule has 0 amide bonds. The Balaban J connectivity index is 1.04. The molecule has 3 aromatic carbocycles. The predicted octanol–water partition coefficient (Wildman–Crippen LogP) is 9.63. The van der Waals surface area contributed by atoms with Gasteiger partial charge in [-0.2, -0.15) is 0 Å². The number of hydrogen-bond acceptors (Lipinski definition) is 1. The quantitative estimate of drug-likeness (QED) is 0.309. The summed E-state index contributed by atoms with van der Waals surface area (Å²) in [6.07, 6.45) is 16.3. The largest absolute Gasteiger partial charge is 0.372 e. The van der Waals surface area contributed by atoms with E-state index < -0.39 is 0 Å². The molecule has 38 heavy (non-hydrogen) atoms. The Kier molecular flexibility index (Phi) is 8.19. The topological polar surface area (TPSA) is 3.24 Å². The molecule has 1 heterocycles. The third-order valence-electron chi connectivity index (χ3n) is 10.0. The highest BCUT2D eigenvalue weighted by Gasteiger charge is 2.25. The number of rotatable bonds is 7. The van der Waals surface area contributed by atoms with Gasteiger partial charge in [0.05, 0.1) is 0 Å². The van der Waals surface area contributed by atoms with Crippen molar-refractivity contribution in [3.63, 3.8) is 0 Å². The van der Waals surface area contributed by atoms with Gasteiger partial charge in [0.2, 0.25) is 0 Å². The van der Waals surface area contributed by atoms with Gasteiger partial charge in [0.1, 0.15) is 0 Å². The number of nitrogens with zero attached hydrogens (tertiary/aromatic N) is 1. The van der Waals surface area contributed by atoms with Crippen LogP contribution >= 0.6 is 0 Å². The Labute approximate surface area is 231 Å². The van der Waals surface area contributed by atoms with Crippen molar-refractivity contribution in [3.05, 3.63) is 101 Å². The van der Waals surface area contributed by atoms with Gasteiger partial charge in [0.25, 0.3) is 0 Å². The predicted molar refractivity (Wildman–Crippen MR) is 162 cm³/mol. The lowest BCUT2D eigenvalue weighted by atomic mass is 9.75. The van der Waals surface area contributed by atoms with Crippen molar-refractivity contribution >= 4 is 5.69 Å². The Morgan fingerprint density at radius 1 is 0.605 bits per heavy atom. The van der Waals surface area contributed by atoms with Crippen molar-refractivity contribution in [1.29, 1.82) is 0 Å². The zero-order chi connectivity index (χ0) is 25.7. The molecule has 0 spiro atoms. The third kappa shape index (κ3) is 6.36. The molecular weight excluding hydrogens is 458 g/mol. The highest BCUT2D eigenvalue weighted by atomic mass is 15.1. The molecule has 2 atom stereocenters. The van der Waals surface area contributed by atoms with Gasteiger partial charge in [-0.25, -0.2) is 0 Å². The lowest BCUT2D eigenvalue weighted by Crippen LogP contribution is -2.34. The van der Waals surface area contributed by atoms with Crippen LogP contribution < -0.4 is 4.90 Å². The average molecular weight is 506 g/mol. The zero-order valence-corrected chi connectivity index (χ0v) is 23.6. The lowest BCUT2D eigenvalue weighted by molar-refractivity contribution is 0.320. The van der Waals surface area contributed by atoms with E-state index in [-0.39, 0.29) is 0 Å². The Hall–Kier alpha value is -2.54. The zero-order valence-electron chi connectivity index (χ0n) is 23.6. The van der Waals surface area contributed by atoms with E-state index in [9.17, 15) is 0 Å². The van der Waals surface area contributed by atoms with Crippen molar-refractivity contribution in [2.24, 2.45) is 11.8 Å². The van der Waals surface area contributed by atoms with E-state index >= 15 is 0 Å². The van der Waals surface area contributed by atoms with Crippen LogP contribution in [0.5, 0.6) is 0 Å². The first-order chi connectivity index (χ1) is 18.7. The number of piperidine rings is 1. The van der Waals surface area contributed by atoms with Crippen LogP contribution in [0.25, 0.3) is 0 Å². The van der Waals surface area contributed by atoms with Crippen LogP contribution in [0.15, 0.2) is 72.8 Å². The monoisotopic (exact) mass is 505 g/mol. The molecule has 1 saturated heterocycles. The van der Waals surface area contributed by atoms with Gasteiger partial charge in [0, 0.05) is 18.8 Å². The molecule has 3 fully saturated rings. The summed E-state index contributed by atoms with van der Waals surface area (Å²) in [7, 11) is 0. The van der Waals surface area contributed by atoms with Crippen molar-refractivity contribution in [3.8, 4) is 0 Å². The molecule has 1 aliphatic heterocycles. The molecule has 0 radical (unpaired) electrons. The van der Waals surface area contributed by atoms with Crippen LogP contribution in [0.4, 0.5) is 5.69 Å². The summed E-state index contributed by atoms with van der Waals surface area (Å²) in [5.74, 6) is 3.22. The van der Waals surface area contributed by atoms with E-state index in [2.05, 4.69) is 84.6 Å². The van der Waals surface area contributed by atoms with E-state index in [1.165, 1.54) is 101 Å². The van der Waals surface area contributed by atoms with E-state index in [1.54, 1.807) is 22.3 Å². The van der Waals surface area contributed by atoms with E-state index in [0.717, 1.165) is 23.7 Å². The standard InChI is InChI=1S/C37H47N/c1-28-8-4-17-37(22-28)38-20-18-29(19-21-38)23-30-9-6-15-35(26-30)36-16-7-11-32(27-36)24-31-10-5-14-34(25-31)33-12-2-3-13-33/h4-6,8-10,14-15,17,22,25-26,29,32-33,36H,2-3,7,11-13,16,18-21,23-24,27H2,1H3. The Morgan fingerprint density at radius 2 is 1.24 bits per heavy atom. The molecule has 2 aliphatic carbocycles. The second-order valence-electron chi connectivity index (χ2n) is 12.9. The van der Waals surface area contributed by atoms with E-state index in [4.69, 9.17) is 0 Å². The number of aryl methyl sites for hydroxylation is 1. The summed E-state index contributed by atoms with van der Waals surface area (Å²) >= 11 is 0. The molecule has 3 aliphatic rings. The van der Waals surface area contributed by atoms with Gasteiger partial charge in [-0.05, 0) is 122 Å². The molecule has 6 rings (SSSR count). The summed E-state index contributed by atoms with van der Waals surface area (Å²) in [4.78, 5) is 2.59. The maximum absolute atomic E-state index is 2.59. The van der Waals surface area contributed by atoms with Crippen molar-refractivity contribution in [2.75, 3.05) is 18.0 Å². The molecule has 1 nitrogen and oxygen atoms in total. The maximum Gasteiger partial charge on any atom is 0.0368 e. The fourth-order valence-electron chi connectivity index (χ4n) is 7.87. The van der Waals surface area contributed by atoms with Crippen molar-refractivity contribution in [2.45, 2.75) is 95.8 Å². The average Bonchev–Trinajstić information content (AvgIpc) is 3.50. The van der Waals surface area contributed by atoms with Gasteiger partial charge in [-0.3, -0.25) is 0 Å². The summed E-state index contributed by atoms with van der Waals surface area (Å²) in [5, 5.41) is 0. The van der Waals surface area contributed by atoms with Crippen LogP contribution in [0, 0.1) is 18.8 Å². The second-order valence-corrected chi connectivity index (χ2v) is 12.9. The van der Waals surface area contributed by atoms with Gasteiger partial charge in [0.15, 0.2) is 0 Å². The molecule has 2 unspecified atom stereocenters. The number of anilines is 1. The summed E-state index contributed by atoms with van der Waals surface area (Å²) in [6.45, 7) is 4.59. The number of hydrogen-bond donors (Lipinski definition) is 0. The minimum atomic E-state index is 0.745. The third-order valence-corrected chi connectivity index (χ3v) is 10.0. The highest BCUT2D eigenvalue weighted by Crippen LogP contribution is 2.39. The van der Waals surface area contributed by atoms with Gasteiger partial charge in [-0.1, -0.05) is 86.3 Å². The van der Waals surface area contributed by atoms with Gasteiger partial charge in [-0.15, -0.1) is 0 Å². The first-order valence-corrected chi connectivity index (χ1v) is 15.7. The normalized spacial score (nSPS) is 23.1. The molecular formula is C37H47N. The molecule has 2 saturated carbocycles. The molecule has 0 aromatic heterocycles. The maximum atomic E-state index is 2.59. The van der Waals surface area contributed by atoms with E-state index in [0.29, 0.717) is 0 Å². The van der Waals surface area contributed by atoms with Gasteiger partial charge >= 0.3 is 0 Å². The second kappa shape index (κ2) is 12.1. The Morgan fingerprint density at radius 3 is 1.95 bits per heavy atom.